The lowest BCUT2D eigenvalue weighted by Gasteiger charge is -2.41. The number of fused-ring (bicyclic) bond motifs is 2. The molecule has 7 atom stereocenters. The van der Waals surface area contributed by atoms with Gasteiger partial charge in [0.15, 0.2) is 6.17 Å². The molecule has 2 aliphatic carbocycles. The highest BCUT2D eigenvalue weighted by Gasteiger charge is 2.69. The third kappa shape index (κ3) is 1.60. The molecule has 0 amide bonds. The van der Waals surface area contributed by atoms with Crippen molar-refractivity contribution in [2.45, 2.75) is 43.4 Å². The molecular formula is C15H22F2O3. The van der Waals surface area contributed by atoms with E-state index in [9.17, 15) is 4.39 Å². The summed E-state index contributed by atoms with van der Waals surface area (Å²) in [6, 6.07) is 0. The van der Waals surface area contributed by atoms with Crippen molar-refractivity contribution in [3.63, 3.8) is 0 Å². The Kier molecular flexibility index (Phi) is 3.42. The maximum atomic E-state index is 15.2. The molecule has 3 nitrogen and oxygen atoms in total. The Balaban J connectivity index is 1.98. The van der Waals surface area contributed by atoms with Gasteiger partial charge in [0, 0.05) is 20.1 Å². The van der Waals surface area contributed by atoms with Crippen LogP contribution < -0.4 is 0 Å². The van der Waals surface area contributed by atoms with Crippen LogP contribution in [0.3, 0.4) is 0 Å². The molecule has 114 valence electrons. The fourth-order valence-electron chi connectivity index (χ4n) is 4.52. The zero-order valence-electron chi connectivity index (χ0n) is 12.1. The molecule has 3 aliphatic rings. The molecule has 20 heavy (non-hydrogen) atoms. The van der Waals surface area contributed by atoms with Crippen LogP contribution in [0.15, 0.2) is 12.2 Å². The molecular weight excluding hydrogens is 266 g/mol. The smallest absolute Gasteiger partial charge is 0.232 e. The van der Waals surface area contributed by atoms with E-state index in [0.717, 1.165) is 12.8 Å². The van der Waals surface area contributed by atoms with Crippen LogP contribution in [0.5, 0.6) is 0 Å². The number of halogens is 2. The minimum absolute atomic E-state index is 0.0103. The molecule has 1 heterocycles. The highest BCUT2D eigenvalue weighted by molar-refractivity contribution is 5.20. The Morgan fingerprint density at radius 1 is 1.25 bits per heavy atom. The Hall–Kier alpha value is -0.520. The maximum Gasteiger partial charge on any atom is 0.232 e. The summed E-state index contributed by atoms with van der Waals surface area (Å²) in [6.07, 6.45) is 4.05. The first-order chi connectivity index (χ1) is 9.54. The van der Waals surface area contributed by atoms with E-state index in [1.165, 1.54) is 14.2 Å². The predicted octanol–water partition coefficient (Wildman–Crippen LogP) is 2.65. The van der Waals surface area contributed by atoms with Gasteiger partial charge in [-0.15, -0.1) is 0 Å². The minimum atomic E-state index is -1.83. The summed E-state index contributed by atoms with van der Waals surface area (Å²) in [5.41, 5.74) is -1.13. The second kappa shape index (κ2) is 4.75. The van der Waals surface area contributed by atoms with E-state index >= 15 is 4.39 Å². The standard InChI is InChI=1S/C15H22F2O3/c1-9-15(19-3,12-7-10-4-5-11(12)6-10)13(17)14(8-16,18-2)20-9/h4-5,9-13H,6-8H2,1-3H3. The molecule has 0 spiro atoms. The molecule has 3 rings (SSSR count). The zero-order chi connectivity index (χ0) is 14.5. The summed E-state index contributed by atoms with van der Waals surface area (Å²) >= 11 is 0. The van der Waals surface area contributed by atoms with E-state index in [4.69, 9.17) is 14.2 Å². The van der Waals surface area contributed by atoms with Crippen LogP contribution in [0.4, 0.5) is 8.78 Å². The van der Waals surface area contributed by atoms with Crippen LogP contribution in [0, 0.1) is 17.8 Å². The van der Waals surface area contributed by atoms with Crippen LogP contribution in [0.25, 0.3) is 0 Å². The quantitative estimate of drug-likeness (QED) is 0.744. The monoisotopic (exact) mass is 288 g/mol. The fourth-order valence-corrected chi connectivity index (χ4v) is 4.52. The van der Waals surface area contributed by atoms with Gasteiger partial charge in [-0.3, -0.25) is 0 Å². The lowest BCUT2D eigenvalue weighted by Crippen LogP contribution is -2.57. The first-order valence-electron chi connectivity index (χ1n) is 7.20. The van der Waals surface area contributed by atoms with Crippen LogP contribution in [-0.2, 0) is 14.2 Å². The molecule has 1 saturated carbocycles. The average molecular weight is 288 g/mol. The Morgan fingerprint density at radius 3 is 2.40 bits per heavy atom. The SMILES string of the molecule is COC1(CF)OC(C)C(OC)(C2CC3C=CC2C3)C1F. The number of ether oxygens (including phenoxy) is 3. The first kappa shape index (κ1) is 14.4. The number of rotatable bonds is 4. The molecule has 1 aliphatic heterocycles. The topological polar surface area (TPSA) is 27.7 Å². The van der Waals surface area contributed by atoms with Crippen molar-refractivity contribution in [1.29, 1.82) is 0 Å². The van der Waals surface area contributed by atoms with Crippen molar-refractivity contribution in [3.05, 3.63) is 12.2 Å². The van der Waals surface area contributed by atoms with E-state index in [1.807, 2.05) is 0 Å². The van der Waals surface area contributed by atoms with Gasteiger partial charge in [0.2, 0.25) is 5.79 Å². The molecule has 0 radical (unpaired) electrons. The van der Waals surface area contributed by atoms with Gasteiger partial charge in [0.25, 0.3) is 0 Å². The van der Waals surface area contributed by atoms with E-state index in [1.54, 1.807) is 6.92 Å². The summed E-state index contributed by atoms with van der Waals surface area (Å²) in [5, 5.41) is 0. The highest BCUT2D eigenvalue weighted by atomic mass is 19.1. The minimum Gasteiger partial charge on any atom is -0.372 e. The van der Waals surface area contributed by atoms with Gasteiger partial charge in [-0.05, 0) is 31.6 Å². The second-order valence-corrected chi connectivity index (χ2v) is 6.22. The van der Waals surface area contributed by atoms with Gasteiger partial charge < -0.3 is 14.2 Å². The Bertz CT molecular complexity index is 410. The maximum absolute atomic E-state index is 15.2. The van der Waals surface area contributed by atoms with Crippen molar-refractivity contribution in [1.82, 2.24) is 0 Å². The van der Waals surface area contributed by atoms with Crippen molar-refractivity contribution >= 4 is 0 Å². The lowest BCUT2D eigenvalue weighted by atomic mass is 9.72. The lowest BCUT2D eigenvalue weighted by molar-refractivity contribution is -0.238. The Morgan fingerprint density at radius 2 is 2.00 bits per heavy atom. The average Bonchev–Trinajstić information content (AvgIpc) is 3.13. The molecule has 0 aromatic heterocycles. The van der Waals surface area contributed by atoms with Crippen molar-refractivity contribution in [2.75, 3.05) is 20.9 Å². The number of allylic oxidation sites excluding steroid dienone is 2. The van der Waals surface area contributed by atoms with E-state index in [0.29, 0.717) is 5.92 Å². The molecule has 2 bridgehead atoms. The number of alkyl halides is 2. The normalized spacial score (nSPS) is 54.0. The van der Waals surface area contributed by atoms with E-state index in [-0.39, 0.29) is 11.8 Å². The summed E-state index contributed by atoms with van der Waals surface area (Å²) in [6.45, 7) is 0.735. The third-order valence-electron chi connectivity index (χ3n) is 5.54. The van der Waals surface area contributed by atoms with Gasteiger partial charge in [-0.1, -0.05) is 12.2 Å². The molecule has 7 unspecified atom stereocenters. The highest BCUT2D eigenvalue weighted by Crippen LogP contribution is 2.57. The van der Waals surface area contributed by atoms with Crippen LogP contribution in [-0.4, -0.2) is 44.6 Å². The van der Waals surface area contributed by atoms with Crippen molar-refractivity contribution < 1.29 is 23.0 Å². The molecule has 0 N–H and O–H groups in total. The van der Waals surface area contributed by atoms with Crippen LogP contribution in [0.1, 0.15) is 19.8 Å². The van der Waals surface area contributed by atoms with Crippen LogP contribution in [0.2, 0.25) is 0 Å². The number of methoxy groups -OCH3 is 2. The van der Waals surface area contributed by atoms with Gasteiger partial charge in [-0.2, -0.15) is 0 Å². The molecule has 5 heteroatoms. The van der Waals surface area contributed by atoms with Gasteiger partial charge >= 0.3 is 0 Å². The number of hydrogen-bond acceptors (Lipinski definition) is 3. The summed E-state index contributed by atoms with van der Waals surface area (Å²) in [4.78, 5) is 0. The predicted molar refractivity (Wildman–Crippen MR) is 69.7 cm³/mol. The Labute approximate surface area is 118 Å². The molecule has 1 saturated heterocycles. The third-order valence-corrected chi connectivity index (χ3v) is 5.54. The van der Waals surface area contributed by atoms with E-state index < -0.39 is 30.3 Å². The first-order valence-corrected chi connectivity index (χ1v) is 7.20. The summed E-state index contributed by atoms with van der Waals surface area (Å²) < 4.78 is 44.8. The molecule has 0 aromatic rings. The summed E-state index contributed by atoms with van der Waals surface area (Å²) in [7, 11) is 2.78. The summed E-state index contributed by atoms with van der Waals surface area (Å²) in [5.74, 6) is -1.05. The fraction of sp³-hybridized carbons (Fsp3) is 0.867. The van der Waals surface area contributed by atoms with Gasteiger partial charge in [0.1, 0.15) is 12.3 Å². The largest absolute Gasteiger partial charge is 0.372 e. The second-order valence-electron chi connectivity index (χ2n) is 6.22. The van der Waals surface area contributed by atoms with Crippen molar-refractivity contribution in [2.24, 2.45) is 17.8 Å². The van der Waals surface area contributed by atoms with E-state index in [2.05, 4.69) is 12.2 Å². The molecule has 2 fully saturated rings. The zero-order valence-corrected chi connectivity index (χ0v) is 12.1. The molecule has 0 aromatic carbocycles. The van der Waals surface area contributed by atoms with Crippen molar-refractivity contribution in [3.8, 4) is 0 Å². The van der Waals surface area contributed by atoms with Gasteiger partial charge in [-0.25, -0.2) is 8.78 Å². The van der Waals surface area contributed by atoms with Gasteiger partial charge in [0.05, 0.1) is 6.10 Å². The van der Waals surface area contributed by atoms with Crippen LogP contribution >= 0.6 is 0 Å². The number of hydrogen-bond donors (Lipinski definition) is 0.